The molecule has 0 radical (unpaired) electrons. The van der Waals surface area contributed by atoms with Gasteiger partial charge in [-0.25, -0.2) is 4.98 Å². The maximum absolute atomic E-state index is 4.93. The summed E-state index contributed by atoms with van der Waals surface area (Å²) in [5.41, 5.74) is 8.60. The molecular weight excluding hydrogens is 514 g/mol. The van der Waals surface area contributed by atoms with E-state index in [2.05, 4.69) is 135 Å². The number of rotatable bonds is 6. The van der Waals surface area contributed by atoms with Gasteiger partial charge in [0.25, 0.3) is 0 Å². The molecule has 0 atom stereocenters. The molecule has 7 aromatic rings. The monoisotopic (exact) mass is 551 g/mol. The van der Waals surface area contributed by atoms with Gasteiger partial charge in [0.1, 0.15) is 11.6 Å². The van der Waals surface area contributed by atoms with Gasteiger partial charge in [-0.3, -0.25) is 4.57 Å². The molecule has 210 valence electrons. The van der Waals surface area contributed by atoms with Gasteiger partial charge in [-0.1, -0.05) is 84.0 Å². The van der Waals surface area contributed by atoms with Crippen molar-refractivity contribution in [3.63, 3.8) is 0 Å². The van der Waals surface area contributed by atoms with Gasteiger partial charge in [0, 0.05) is 40.1 Å². The predicted octanol–water partition coefficient (Wildman–Crippen LogP) is 9.44. The second-order valence-corrected chi connectivity index (χ2v) is 11.9. The summed E-state index contributed by atoms with van der Waals surface area (Å²) in [6, 6.07) is 29.2. The zero-order valence-electron chi connectivity index (χ0n) is 25.3. The lowest BCUT2D eigenvalue weighted by Gasteiger charge is -2.16. The quantitative estimate of drug-likeness (QED) is 0.207. The first kappa shape index (κ1) is 26.4. The van der Waals surface area contributed by atoms with Crippen molar-refractivity contribution in [3.05, 3.63) is 102 Å². The van der Waals surface area contributed by atoms with Crippen LogP contribution in [0.1, 0.15) is 76.2 Å². The third-order valence-corrected chi connectivity index (χ3v) is 8.57. The van der Waals surface area contributed by atoms with E-state index in [0.717, 1.165) is 35.5 Å². The Hall–Kier alpha value is -4.51. The molecule has 0 spiro atoms. The lowest BCUT2D eigenvalue weighted by Crippen LogP contribution is -2.09. The van der Waals surface area contributed by atoms with Gasteiger partial charge in [-0.2, -0.15) is 9.97 Å². The van der Waals surface area contributed by atoms with Crippen LogP contribution in [0.15, 0.2) is 78.9 Å². The van der Waals surface area contributed by atoms with Crippen molar-refractivity contribution in [3.8, 4) is 11.6 Å². The third kappa shape index (κ3) is 4.10. The highest BCUT2D eigenvalue weighted by Gasteiger charge is 2.20. The molecule has 0 bridgehead atoms. The van der Waals surface area contributed by atoms with Gasteiger partial charge < -0.3 is 4.57 Å². The van der Waals surface area contributed by atoms with E-state index in [9.17, 15) is 0 Å². The Morgan fingerprint density at radius 2 is 1.00 bits per heavy atom. The molecule has 4 aromatic carbocycles. The van der Waals surface area contributed by atoms with E-state index in [-0.39, 0.29) is 0 Å². The van der Waals surface area contributed by atoms with Crippen molar-refractivity contribution < 1.29 is 0 Å². The van der Waals surface area contributed by atoms with E-state index in [1.165, 1.54) is 49.4 Å². The molecule has 3 heterocycles. The number of nitrogens with zero attached hydrogens (tertiary/aromatic N) is 5. The minimum Gasteiger partial charge on any atom is -0.309 e. The van der Waals surface area contributed by atoms with E-state index < -0.39 is 0 Å². The molecule has 0 amide bonds. The van der Waals surface area contributed by atoms with Crippen molar-refractivity contribution in [1.29, 1.82) is 0 Å². The molecule has 3 aromatic heterocycles. The summed E-state index contributed by atoms with van der Waals surface area (Å²) in [4.78, 5) is 14.5. The summed E-state index contributed by atoms with van der Waals surface area (Å²) in [5, 5.41) is 4.86. The maximum Gasteiger partial charge on any atom is 0.238 e. The Morgan fingerprint density at radius 1 is 0.524 bits per heavy atom. The summed E-state index contributed by atoms with van der Waals surface area (Å²) in [6.45, 7) is 13.3. The van der Waals surface area contributed by atoms with Crippen molar-refractivity contribution in [2.45, 2.75) is 66.2 Å². The number of para-hydroxylation sites is 2. The van der Waals surface area contributed by atoms with Gasteiger partial charge in [0.05, 0.1) is 22.1 Å². The Morgan fingerprint density at radius 3 is 1.50 bits per heavy atom. The zero-order valence-corrected chi connectivity index (χ0v) is 25.3. The SMILES string of the molecule is CCc1nc(CC)nc(-n2c3ccccc3c3cc4c(cc32)c2ccccc2n4-c2cc(C(C)C)cc(C(C)C)c2)n1. The number of fused-ring (bicyclic) bond motifs is 6. The molecule has 0 aliphatic rings. The molecule has 5 heteroatoms. The minimum absolute atomic E-state index is 0.446. The van der Waals surface area contributed by atoms with Crippen LogP contribution in [0.3, 0.4) is 0 Å². The molecule has 5 nitrogen and oxygen atoms in total. The first-order chi connectivity index (χ1) is 20.4. The highest BCUT2D eigenvalue weighted by Crippen LogP contribution is 2.40. The smallest absolute Gasteiger partial charge is 0.238 e. The van der Waals surface area contributed by atoms with E-state index in [1.807, 2.05) is 0 Å². The van der Waals surface area contributed by atoms with Crippen LogP contribution >= 0.6 is 0 Å². The fraction of sp³-hybridized carbons (Fsp3) is 0.270. The molecule has 0 unspecified atom stereocenters. The Labute approximate surface area is 246 Å². The fourth-order valence-electron chi connectivity index (χ4n) is 6.25. The molecule has 42 heavy (non-hydrogen) atoms. The second-order valence-electron chi connectivity index (χ2n) is 11.9. The standard InChI is InChI=1S/C37H37N5/c1-7-35-38-36(8-2)40-37(39-35)42-32-16-12-10-14-28(32)30-20-33-29(21-34(30)42)27-13-9-11-15-31(27)41(33)26-18-24(22(3)4)17-25(19-26)23(5)6/h9-23H,7-8H2,1-6H3. The molecule has 0 fully saturated rings. The number of hydrogen-bond donors (Lipinski definition) is 0. The fourth-order valence-corrected chi connectivity index (χ4v) is 6.25. The lowest BCUT2D eigenvalue weighted by molar-refractivity contribution is 0.795. The Balaban J connectivity index is 1.62. The first-order valence-electron chi connectivity index (χ1n) is 15.2. The van der Waals surface area contributed by atoms with Crippen molar-refractivity contribution in [2.75, 3.05) is 0 Å². The summed E-state index contributed by atoms with van der Waals surface area (Å²) in [5.74, 6) is 3.24. The van der Waals surface area contributed by atoms with Crippen LogP contribution in [0.4, 0.5) is 0 Å². The predicted molar refractivity (Wildman–Crippen MR) is 175 cm³/mol. The van der Waals surface area contributed by atoms with Crippen LogP contribution < -0.4 is 0 Å². The summed E-state index contributed by atoms with van der Waals surface area (Å²) >= 11 is 0. The van der Waals surface area contributed by atoms with Crippen LogP contribution in [0.2, 0.25) is 0 Å². The van der Waals surface area contributed by atoms with Gasteiger partial charge in [-0.05, 0) is 59.4 Å². The van der Waals surface area contributed by atoms with Crippen LogP contribution in [-0.2, 0) is 12.8 Å². The van der Waals surface area contributed by atoms with E-state index in [1.54, 1.807) is 0 Å². The van der Waals surface area contributed by atoms with Gasteiger partial charge >= 0.3 is 0 Å². The molecule has 0 aliphatic carbocycles. The lowest BCUT2D eigenvalue weighted by atomic mass is 9.95. The third-order valence-electron chi connectivity index (χ3n) is 8.57. The molecule has 0 saturated carbocycles. The largest absolute Gasteiger partial charge is 0.309 e. The second kappa shape index (κ2) is 10.1. The highest BCUT2D eigenvalue weighted by atomic mass is 15.2. The van der Waals surface area contributed by atoms with Gasteiger partial charge in [0.2, 0.25) is 5.95 Å². The minimum atomic E-state index is 0.446. The number of aromatic nitrogens is 5. The molecule has 0 N–H and O–H groups in total. The van der Waals surface area contributed by atoms with Crippen LogP contribution in [0.5, 0.6) is 0 Å². The van der Waals surface area contributed by atoms with Crippen LogP contribution in [0, 0.1) is 0 Å². The Bertz CT molecular complexity index is 2080. The van der Waals surface area contributed by atoms with Crippen LogP contribution in [-0.4, -0.2) is 24.1 Å². The molecule has 0 aliphatic heterocycles. The topological polar surface area (TPSA) is 48.5 Å². The van der Waals surface area contributed by atoms with E-state index >= 15 is 0 Å². The number of benzene rings is 4. The number of hydrogen-bond acceptors (Lipinski definition) is 3. The molecular formula is C37H37N5. The summed E-state index contributed by atoms with van der Waals surface area (Å²) in [6.07, 6.45) is 1.54. The van der Waals surface area contributed by atoms with E-state index in [4.69, 9.17) is 9.97 Å². The normalized spacial score (nSPS) is 12.2. The summed E-state index contributed by atoms with van der Waals surface area (Å²) in [7, 11) is 0. The first-order valence-corrected chi connectivity index (χ1v) is 15.2. The molecule has 7 rings (SSSR count). The van der Waals surface area contributed by atoms with Gasteiger partial charge in [-0.15, -0.1) is 0 Å². The van der Waals surface area contributed by atoms with Gasteiger partial charge in [0.15, 0.2) is 0 Å². The van der Waals surface area contributed by atoms with Crippen LogP contribution in [0.25, 0.3) is 55.2 Å². The zero-order chi connectivity index (χ0) is 29.1. The Kier molecular flexibility index (Phi) is 6.34. The highest BCUT2D eigenvalue weighted by molar-refractivity contribution is 6.18. The average Bonchev–Trinajstić information content (AvgIpc) is 3.51. The van der Waals surface area contributed by atoms with Crippen molar-refractivity contribution in [2.24, 2.45) is 0 Å². The van der Waals surface area contributed by atoms with Crippen molar-refractivity contribution in [1.82, 2.24) is 24.1 Å². The van der Waals surface area contributed by atoms with E-state index in [0.29, 0.717) is 17.8 Å². The average molecular weight is 552 g/mol. The summed E-state index contributed by atoms with van der Waals surface area (Å²) < 4.78 is 4.69. The maximum atomic E-state index is 4.93. The molecule has 0 saturated heterocycles. The number of aryl methyl sites for hydroxylation is 2. The van der Waals surface area contributed by atoms with Crippen molar-refractivity contribution >= 4 is 43.6 Å².